The van der Waals surface area contributed by atoms with Crippen molar-refractivity contribution in [2.75, 3.05) is 38.0 Å². The van der Waals surface area contributed by atoms with Crippen molar-refractivity contribution < 1.29 is 37.7 Å². The van der Waals surface area contributed by atoms with Crippen LogP contribution in [0.4, 0.5) is 11.4 Å². The molecule has 0 bridgehead atoms. The maximum absolute atomic E-state index is 2.45. The van der Waals surface area contributed by atoms with Crippen LogP contribution in [0.3, 0.4) is 0 Å². The van der Waals surface area contributed by atoms with Crippen molar-refractivity contribution in [2.45, 2.75) is 27.7 Å². The summed E-state index contributed by atoms with van der Waals surface area (Å²) in [6, 6.07) is 39.0. The summed E-state index contributed by atoms with van der Waals surface area (Å²) in [5.74, 6) is 0. The molecule has 6 aromatic carbocycles. The molecule has 4 heteroatoms. The van der Waals surface area contributed by atoms with E-state index < -0.39 is 7.92 Å². The Bertz CT molecular complexity index is 1880. The second-order valence-electron chi connectivity index (χ2n) is 12.2. The van der Waals surface area contributed by atoms with E-state index in [-0.39, 0.29) is 37.7 Å². The van der Waals surface area contributed by atoms with Crippen LogP contribution in [-0.2, 0) is 0 Å². The first-order valence-corrected chi connectivity index (χ1v) is 16.4. The third kappa shape index (κ3) is 5.91. The molecular formula is C40H41ArN2P. The average Bonchev–Trinajstić information content (AvgIpc) is 2.96. The van der Waals surface area contributed by atoms with Crippen molar-refractivity contribution >= 4 is 56.8 Å². The van der Waals surface area contributed by atoms with Gasteiger partial charge in [0, 0.05) is 77.3 Å². The molecule has 6 rings (SSSR count). The Hall–Kier alpha value is -2.87. The fourth-order valence-electron chi connectivity index (χ4n) is 7.14. The van der Waals surface area contributed by atoms with Gasteiger partial charge in [0.1, 0.15) is 0 Å². The van der Waals surface area contributed by atoms with E-state index >= 15 is 0 Å². The number of fused-ring (bicyclic) bond motifs is 2. The zero-order valence-electron chi connectivity index (χ0n) is 27.0. The Morgan fingerprint density at radius 3 is 1.41 bits per heavy atom. The molecule has 0 spiro atoms. The Morgan fingerprint density at radius 1 is 0.477 bits per heavy atom. The summed E-state index contributed by atoms with van der Waals surface area (Å²) in [6.07, 6.45) is 0. The van der Waals surface area contributed by atoms with Crippen LogP contribution in [0.15, 0.2) is 103 Å². The summed E-state index contributed by atoms with van der Waals surface area (Å²) in [6.45, 7) is 9.04. The Kier molecular flexibility index (Phi) is 9.78. The van der Waals surface area contributed by atoms with Gasteiger partial charge in [0.05, 0.1) is 0 Å². The van der Waals surface area contributed by atoms with Crippen LogP contribution in [0.1, 0.15) is 22.3 Å². The molecule has 0 aliphatic carbocycles. The van der Waals surface area contributed by atoms with Crippen LogP contribution in [0.25, 0.3) is 32.7 Å². The molecule has 6 aromatic rings. The van der Waals surface area contributed by atoms with Gasteiger partial charge in [0.2, 0.25) is 0 Å². The van der Waals surface area contributed by atoms with Gasteiger partial charge in [-0.05, 0) is 131 Å². The molecule has 0 radical (unpaired) electrons. The number of benzene rings is 6. The summed E-state index contributed by atoms with van der Waals surface area (Å²) in [4.78, 5) is 4.49. The van der Waals surface area contributed by atoms with Gasteiger partial charge in [-0.25, -0.2) is 0 Å². The predicted octanol–water partition coefficient (Wildman–Crippen LogP) is 8.78. The van der Waals surface area contributed by atoms with E-state index in [4.69, 9.17) is 0 Å². The first-order chi connectivity index (χ1) is 20.7. The number of aryl methyl sites for hydroxylation is 4. The van der Waals surface area contributed by atoms with Gasteiger partial charge in [-0.15, -0.1) is 0 Å². The summed E-state index contributed by atoms with van der Waals surface area (Å²) in [5, 5.41) is 9.33. The molecule has 0 heterocycles. The van der Waals surface area contributed by atoms with Gasteiger partial charge in [-0.3, -0.25) is 0 Å². The van der Waals surface area contributed by atoms with Gasteiger partial charge < -0.3 is 9.80 Å². The first-order valence-electron chi connectivity index (χ1n) is 15.0. The van der Waals surface area contributed by atoms with E-state index in [9.17, 15) is 0 Å². The minimum Gasteiger partial charge on any atom is -0.377 e. The SMILES string of the molecule is Cc1cc(P(c2cc(C)c(N(C)C)c(C)c2)c2ccc3ccccc3c2-c2cccc3ccccc23)cc(C)c1N(C)C.[Ar]. The van der Waals surface area contributed by atoms with Crippen molar-refractivity contribution in [3.05, 3.63) is 125 Å². The van der Waals surface area contributed by atoms with Crippen LogP contribution in [0, 0.1) is 65.4 Å². The molecule has 0 saturated carbocycles. The Morgan fingerprint density at radius 2 is 0.909 bits per heavy atom. The molecule has 44 heavy (non-hydrogen) atoms. The van der Waals surface area contributed by atoms with Crippen molar-refractivity contribution in [3.8, 4) is 11.1 Å². The second-order valence-corrected chi connectivity index (χ2v) is 14.4. The number of nitrogens with zero attached hydrogens (tertiary/aromatic N) is 2. The minimum atomic E-state index is -0.884. The third-order valence-corrected chi connectivity index (χ3v) is 11.0. The van der Waals surface area contributed by atoms with Crippen molar-refractivity contribution in [3.63, 3.8) is 0 Å². The van der Waals surface area contributed by atoms with E-state index in [2.05, 4.69) is 169 Å². The van der Waals surface area contributed by atoms with Gasteiger partial charge in [0.25, 0.3) is 0 Å². The first kappa shape index (κ1) is 32.5. The van der Waals surface area contributed by atoms with Crippen LogP contribution in [0.2, 0.25) is 0 Å². The molecule has 0 aliphatic rings. The smallest absolute Gasteiger partial charge is 0.0420 e. The van der Waals surface area contributed by atoms with E-state index in [1.54, 1.807) is 0 Å². The van der Waals surface area contributed by atoms with Crippen LogP contribution in [-0.4, -0.2) is 28.2 Å². The van der Waals surface area contributed by atoms with E-state index in [1.165, 1.54) is 82.2 Å². The van der Waals surface area contributed by atoms with Crippen LogP contribution in [0.5, 0.6) is 0 Å². The molecule has 0 atom stereocenters. The quantitative estimate of drug-likeness (QED) is 0.172. The zero-order chi connectivity index (χ0) is 30.4. The molecule has 0 unspecified atom stereocenters. The summed E-state index contributed by atoms with van der Waals surface area (Å²) in [7, 11) is 7.70. The van der Waals surface area contributed by atoms with Crippen LogP contribution < -0.4 is 25.7 Å². The normalized spacial score (nSPS) is 11.2. The van der Waals surface area contributed by atoms with Gasteiger partial charge in [0.15, 0.2) is 0 Å². The molecule has 0 N–H and O–H groups in total. The van der Waals surface area contributed by atoms with Gasteiger partial charge in [-0.1, -0.05) is 78.9 Å². The largest absolute Gasteiger partial charge is 0.377 e. The molecule has 0 saturated heterocycles. The molecular weight excluding hydrogens is 579 g/mol. The van der Waals surface area contributed by atoms with E-state index in [0.29, 0.717) is 0 Å². The third-order valence-electron chi connectivity index (χ3n) is 8.57. The van der Waals surface area contributed by atoms with Crippen molar-refractivity contribution in [1.82, 2.24) is 0 Å². The van der Waals surface area contributed by atoms with E-state index in [0.717, 1.165) is 0 Å². The maximum Gasteiger partial charge on any atom is 0.0420 e. The Labute approximate surface area is 294 Å². The zero-order valence-corrected chi connectivity index (χ0v) is 28.6. The topological polar surface area (TPSA) is 6.48 Å². The fraction of sp³-hybridized carbons (Fsp3) is 0.200. The summed E-state index contributed by atoms with van der Waals surface area (Å²) in [5.41, 5.74) is 10.5. The van der Waals surface area contributed by atoms with E-state index in [1.807, 2.05) is 0 Å². The fourth-order valence-corrected chi connectivity index (χ4v) is 9.97. The number of rotatable bonds is 6. The molecule has 2 nitrogen and oxygen atoms in total. The molecule has 0 aromatic heterocycles. The predicted molar refractivity (Wildman–Crippen MR) is 193 cm³/mol. The molecule has 0 aliphatic heterocycles. The second kappa shape index (κ2) is 13.2. The number of hydrogen-bond donors (Lipinski definition) is 0. The molecule has 224 valence electrons. The monoisotopic (exact) mass is 620 g/mol. The van der Waals surface area contributed by atoms with Crippen molar-refractivity contribution in [1.29, 1.82) is 0 Å². The van der Waals surface area contributed by atoms with Gasteiger partial charge >= 0.3 is 0 Å². The number of anilines is 2. The number of hydrogen-bond acceptors (Lipinski definition) is 2. The molecule has 0 fully saturated rings. The van der Waals surface area contributed by atoms with Crippen molar-refractivity contribution in [2.24, 2.45) is 0 Å². The van der Waals surface area contributed by atoms with Crippen LogP contribution >= 0.6 is 7.92 Å². The molecule has 0 amide bonds. The van der Waals surface area contributed by atoms with Gasteiger partial charge in [-0.2, -0.15) is 0 Å². The standard InChI is InChI=1S/C40H41N2P.Ar/c1-26-22-32(23-27(2)39(26)41(5)6)43(33-24-28(3)40(42(7)8)29(4)25-33)37-21-20-31-15-10-12-18-35(31)38(37)36-19-13-16-30-14-9-11-17-34(30)36;/h9-25H,1-8H3;. The minimum absolute atomic E-state index is 0. The summed E-state index contributed by atoms with van der Waals surface area (Å²) >= 11 is 0. The summed E-state index contributed by atoms with van der Waals surface area (Å²) < 4.78 is 0. The maximum atomic E-state index is 2.45. The average molecular weight is 621 g/mol. The Balaban J connectivity index is 0.00000384.